The van der Waals surface area contributed by atoms with Crippen molar-refractivity contribution in [1.82, 2.24) is 0 Å². The summed E-state index contributed by atoms with van der Waals surface area (Å²) >= 11 is 0. The zero-order valence-electron chi connectivity index (χ0n) is 9.94. The fourth-order valence-electron chi connectivity index (χ4n) is 1.41. The highest BCUT2D eigenvalue weighted by Gasteiger charge is 2.07. The van der Waals surface area contributed by atoms with Crippen LogP contribution in [0.15, 0.2) is 24.3 Å². The van der Waals surface area contributed by atoms with Gasteiger partial charge in [0, 0.05) is 12.1 Å². The number of carbonyl (C=O) groups is 1. The molecule has 4 nitrogen and oxygen atoms in total. The fraction of sp³-hybridized carbons (Fsp3) is 0.385. The SMILES string of the molecule is CC(CN)CC(=O)Nc1ccc(CC#N)cc1. The zero-order chi connectivity index (χ0) is 12.7. The van der Waals surface area contributed by atoms with Crippen molar-refractivity contribution >= 4 is 11.6 Å². The normalized spacial score (nSPS) is 11.6. The number of hydrogen-bond donors (Lipinski definition) is 2. The number of hydrogen-bond acceptors (Lipinski definition) is 3. The van der Waals surface area contributed by atoms with E-state index in [4.69, 9.17) is 11.0 Å². The number of carbonyl (C=O) groups excluding carboxylic acids is 1. The summed E-state index contributed by atoms with van der Waals surface area (Å²) in [6.07, 6.45) is 0.814. The van der Waals surface area contributed by atoms with Crippen molar-refractivity contribution in [2.45, 2.75) is 19.8 Å². The van der Waals surface area contributed by atoms with Gasteiger partial charge < -0.3 is 11.1 Å². The van der Waals surface area contributed by atoms with Crippen LogP contribution in [-0.2, 0) is 11.2 Å². The van der Waals surface area contributed by atoms with Crippen LogP contribution < -0.4 is 11.1 Å². The number of nitrogens with one attached hydrogen (secondary N) is 1. The van der Waals surface area contributed by atoms with Crippen LogP contribution in [0.5, 0.6) is 0 Å². The van der Waals surface area contributed by atoms with Gasteiger partial charge in [0.1, 0.15) is 0 Å². The maximum absolute atomic E-state index is 11.6. The van der Waals surface area contributed by atoms with Crippen molar-refractivity contribution in [2.24, 2.45) is 11.7 Å². The summed E-state index contributed by atoms with van der Waals surface area (Å²) in [5, 5.41) is 11.3. The molecule has 1 atom stereocenters. The Hall–Kier alpha value is -1.86. The molecule has 17 heavy (non-hydrogen) atoms. The van der Waals surface area contributed by atoms with Gasteiger partial charge in [-0.2, -0.15) is 5.26 Å². The molecule has 0 heterocycles. The first kappa shape index (κ1) is 13.2. The van der Waals surface area contributed by atoms with E-state index in [-0.39, 0.29) is 11.8 Å². The van der Waals surface area contributed by atoms with Gasteiger partial charge >= 0.3 is 0 Å². The third kappa shape index (κ3) is 4.66. The Bertz CT molecular complexity index is 406. The zero-order valence-corrected chi connectivity index (χ0v) is 9.94. The van der Waals surface area contributed by atoms with E-state index in [1.54, 1.807) is 12.1 Å². The maximum atomic E-state index is 11.6. The first-order valence-corrected chi connectivity index (χ1v) is 5.61. The van der Waals surface area contributed by atoms with Crippen LogP contribution in [0.25, 0.3) is 0 Å². The average Bonchev–Trinajstić information content (AvgIpc) is 2.31. The van der Waals surface area contributed by atoms with Crippen molar-refractivity contribution in [3.05, 3.63) is 29.8 Å². The van der Waals surface area contributed by atoms with Crippen molar-refractivity contribution in [3.63, 3.8) is 0 Å². The highest BCUT2D eigenvalue weighted by atomic mass is 16.1. The minimum absolute atomic E-state index is 0.0315. The lowest BCUT2D eigenvalue weighted by atomic mass is 10.1. The van der Waals surface area contributed by atoms with Crippen LogP contribution in [0.2, 0.25) is 0 Å². The third-order valence-corrected chi connectivity index (χ3v) is 2.46. The van der Waals surface area contributed by atoms with Gasteiger partial charge in [0.2, 0.25) is 5.91 Å². The Morgan fingerprint density at radius 3 is 2.65 bits per heavy atom. The van der Waals surface area contributed by atoms with E-state index in [2.05, 4.69) is 11.4 Å². The molecule has 1 aromatic rings. The number of rotatable bonds is 5. The summed E-state index contributed by atoms with van der Waals surface area (Å²) in [5.74, 6) is 0.156. The second-order valence-corrected chi connectivity index (χ2v) is 4.12. The molecule has 0 spiro atoms. The van der Waals surface area contributed by atoms with Gasteiger partial charge in [-0.1, -0.05) is 19.1 Å². The quantitative estimate of drug-likeness (QED) is 0.809. The summed E-state index contributed by atoms with van der Waals surface area (Å²) in [5.41, 5.74) is 7.15. The van der Waals surface area contributed by atoms with Crippen LogP contribution >= 0.6 is 0 Å². The van der Waals surface area contributed by atoms with Crippen LogP contribution in [0.4, 0.5) is 5.69 Å². The van der Waals surface area contributed by atoms with Gasteiger partial charge in [0.15, 0.2) is 0 Å². The molecule has 0 saturated heterocycles. The molecule has 0 aliphatic carbocycles. The van der Waals surface area contributed by atoms with E-state index < -0.39 is 0 Å². The molecular formula is C13H17N3O. The predicted octanol–water partition coefficient (Wildman–Crippen LogP) is 1.68. The summed E-state index contributed by atoms with van der Waals surface area (Å²) in [6, 6.07) is 9.36. The third-order valence-electron chi connectivity index (χ3n) is 2.46. The molecule has 0 aliphatic heterocycles. The lowest BCUT2D eigenvalue weighted by Gasteiger charge is -2.09. The minimum atomic E-state index is -0.0315. The molecular weight excluding hydrogens is 214 g/mol. The molecule has 3 N–H and O–H groups in total. The first-order chi connectivity index (χ1) is 8.15. The monoisotopic (exact) mass is 231 g/mol. The van der Waals surface area contributed by atoms with Crippen molar-refractivity contribution in [1.29, 1.82) is 5.26 Å². The molecule has 1 amide bonds. The van der Waals surface area contributed by atoms with E-state index in [1.165, 1.54) is 0 Å². The van der Waals surface area contributed by atoms with Crippen LogP contribution in [0.3, 0.4) is 0 Å². The number of nitriles is 1. The summed E-state index contributed by atoms with van der Waals surface area (Å²) in [7, 11) is 0. The van der Waals surface area contributed by atoms with E-state index in [9.17, 15) is 4.79 Å². The van der Waals surface area contributed by atoms with Gasteiger partial charge in [0.05, 0.1) is 12.5 Å². The summed E-state index contributed by atoms with van der Waals surface area (Å²) < 4.78 is 0. The number of nitrogens with two attached hydrogens (primary N) is 1. The van der Waals surface area contributed by atoms with Crippen molar-refractivity contribution in [2.75, 3.05) is 11.9 Å². The maximum Gasteiger partial charge on any atom is 0.224 e. The molecule has 0 radical (unpaired) electrons. The number of benzene rings is 1. The average molecular weight is 231 g/mol. The van der Waals surface area contributed by atoms with E-state index in [0.29, 0.717) is 19.4 Å². The van der Waals surface area contributed by atoms with E-state index in [0.717, 1.165) is 11.3 Å². The predicted molar refractivity (Wildman–Crippen MR) is 67.2 cm³/mol. The van der Waals surface area contributed by atoms with Crippen LogP contribution in [-0.4, -0.2) is 12.5 Å². The number of anilines is 1. The van der Waals surface area contributed by atoms with Gasteiger partial charge in [-0.05, 0) is 30.2 Å². The number of amides is 1. The first-order valence-electron chi connectivity index (χ1n) is 5.61. The van der Waals surface area contributed by atoms with E-state index >= 15 is 0 Å². The molecule has 1 unspecified atom stereocenters. The Kier molecular flexibility index (Phi) is 5.18. The minimum Gasteiger partial charge on any atom is -0.330 e. The van der Waals surface area contributed by atoms with Crippen molar-refractivity contribution in [3.8, 4) is 6.07 Å². The van der Waals surface area contributed by atoms with Crippen molar-refractivity contribution < 1.29 is 4.79 Å². The molecule has 1 aromatic carbocycles. The lowest BCUT2D eigenvalue weighted by Crippen LogP contribution is -2.20. The Balaban J connectivity index is 2.52. The van der Waals surface area contributed by atoms with Gasteiger partial charge in [-0.25, -0.2) is 0 Å². The Labute approximate surface area is 101 Å². The van der Waals surface area contributed by atoms with Crippen LogP contribution in [0.1, 0.15) is 18.9 Å². The largest absolute Gasteiger partial charge is 0.330 e. The second kappa shape index (κ2) is 6.66. The molecule has 0 aliphatic rings. The Morgan fingerprint density at radius 1 is 1.47 bits per heavy atom. The van der Waals surface area contributed by atoms with E-state index in [1.807, 2.05) is 19.1 Å². The topological polar surface area (TPSA) is 78.9 Å². The van der Waals surface area contributed by atoms with Crippen LogP contribution in [0, 0.1) is 17.2 Å². The molecule has 1 rings (SSSR count). The molecule has 0 aromatic heterocycles. The standard InChI is InChI=1S/C13H17N3O/c1-10(9-15)8-13(17)16-12-4-2-11(3-5-12)6-7-14/h2-5,10H,6,8-9,15H2,1H3,(H,16,17). The second-order valence-electron chi connectivity index (χ2n) is 4.12. The van der Waals surface area contributed by atoms with Gasteiger partial charge in [0.25, 0.3) is 0 Å². The molecule has 0 fully saturated rings. The highest BCUT2D eigenvalue weighted by Crippen LogP contribution is 2.11. The Morgan fingerprint density at radius 2 is 2.12 bits per heavy atom. The fourth-order valence-corrected chi connectivity index (χ4v) is 1.41. The molecule has 4 heteroatoms. The van der Waals surface area contributed by atoms with Gasteiger partial charge in [-0.3, -0.25) is 4.79 Å². The smallest absolute Gasteiger partial charge is 0.224 e. The number of nitrogens with zero attached hydrogens (tertiary/aromatic N) is 1. The molecule has 90 valence electrons. The highest BCUT2D eigenvalue weighted by molar-refractivity contribution is 5.90. The molecule has 0 bridgehead atoms. The summed E-state index contributed by atoms with van der Waals surface area (Å²) in [6.45, 7) is 2.45. The summed E-state index contributed by atoms with van der Waals surface area (Å²) in [4.78, 5) is 11.6. The molecule has 0 saturated carbocycles. The van der Waals surface area contributed by atoms with Gasteiger partial charge in [-0.15, -0.1) is 0 Å². The lowest BCUT2D eigenvalue weighted by molar-refractivity contribution is -0.116.